The molecule has 1 heterocycles. The number of carbonyl (C=O) groups is 1. The minimum Gasteiger partial charge on any atom is -0.345 e. The molecule has 88 valence electrons. The lowest BCUT2D eigenvalue weighted by molar-refractivity contribution is 0.0902. The monoisotopic (exact) mass is 241 g/mol. The molecule has 0 saturated heterocycles. The van der Waals surface area contributed by atoms with Gasteiger partial charge in [0, 0.05) is 5.88 Å². The molecule has 0 aliphatic carbocycles. The van der Waals surface area contributed by atoms with Crippen LogP contribution < -0.4 is 5.32 Å². The fourth-order valence-electron chi connectivity index (χ4n) is 1.39. The molecule has 0 aliphatic rings. The van der Waals surface area contributed by atoms with Crippen LogP contribution in [0.5, 0.6) is 0 Å². The van der Waals surface area contributed by atoms with Crippen LogP contribution in [0.4, 0.5) is 0 Å². The van der Waals surface area contributed by atoms with Crippen molar-refractivity contribution in [2.45, 2.75) is 32.2 Å². The van der Waals surface area contributed by atoms with Gasteiger partial charge in [0.05, 0.1) is 23.5 Å². The maximum atomic E-state index is 11.9. The molecule has 1 aromatic rings. The molecule has 1 N–H and O–H groups in total. The molecular weight excluding hydrogens is 226 g/mol. The van der Waals surface area contributed by atoms with Crippen molar-refractivity contribution >= 4 is 17.5 Å². The van der Waals surface area contributed by atoms with Crippen molar-refractivity contribution in [3.8, 4) is 0 Å². The summed E-state index contributed by atoms with van der Waals surface area (Å²) in [6.07, 6.45) is 4.54. The van der Waals surface area contributed by atoms with Gasteiger partial charge >= 0.3 is 0 Å². The molecule has 1 amide bonds. The van der Waals surface area contributed by atoms with Gasteiger partial charge < -0.3 is 5.32 Å². The number of hydrogen-bond acceptors (Lipinski definition) is 3. The van der Waals surface area contributed by atoms with E-state index in [1.54, 1.807) is 6.07 Å². The average molecular weight is 242 g/mol. The highest BCUT2D eigenvalue weighted by Gasteiger charge is 2.27. The number of alkyl halides is 1. The summed E-state index contributed by atoms with van der Waals surface area (Å²) in [6, 6.07) is 1.63. The molecule has 0 atom stereocenters. The third kappa shape index (κ3) is 2.92. The van der Waals surface area contributed by atoms with E-state index >= 15 is 0 Å². The van der Waals surface area contributed by atoms with Crippen molar-refractivity contribution in [1.29, 1.82) is 0 Å². The van der Waals surface area contributed by atoms with Gasteiger partial charge in [-0.15, -0.1) is 11.6 Å². The topological polar surface area (TPSA) is 54.9 Å². The first-order valence-electron chi connectivity index (χ1n) is 5.32. The predicted molar refractivity (Wildman–Crippen MR) is 63.5 cm³/mol. The van der Waals surface area contributed by atoms with E-state index in [1.165, 1.54) is 12.4 Å². The molecular formula is C11H16ClN3O. The standard InChI is InChI=1S/C11H16ClN3O/c1-3-11(4-2,8-12)15-10(16)9-5-6-13-14-7-9/h5-7H,3-4,8H2,1-2H3,(H,15,16). The Morgan fingerprint density at radius 2 is 2.12 bits per heavy atom. The molecule has 1 aromatic heterocycles. The first kappa shape index (κ1) is 12.9. The Hall–Kier alpha value is -1.16. The van der Waals surface area contributed by atoms with Gasteiger partial charge in [0.15, 0.2) is 0 Å². The van der Waals surface area contributed by atoms with Gasteiger partial charge in [0.2, 0.25) is 0 Å². The SMILES string of the molecule is CCC(CC)(CCl)NC(=O)c1ccnnc1. The summed E-state index contributed by atoms with van der Waals surface area (Å²) in [6.45, 7) is 4.02. The second-order valence-electron chi connectivity index (χ2n) is 3.71. The number of rotatable bonds is 5. The molecule has 0 fully saturated rings. The lowest BCUT2D eigenvalue weighted by Crippen LogP contribution is -2.49. The maximum Gasteiger partial charge on any atom is 0.253 e. The molecule has 4 nitrogen and oxygen atoms in total. The predicted octanol–water partition coefficient (Wildman–Crippen LogP) is 2.00. The van der Waals surface area contributed by atoms with Gasteiger partial charge in [0.25, 0.3) is 5.91 Å². The van der Waals surface area contributed by atoms with Crippen LogP contribution in [0.1, 0.15) is 37.0 Å². The van der Waals surface area contributed by atoms with E-state index in [1.807, 2.05) is 13.8 Å². The third-order valence-electron chi connectivity index (χ3n) is 2.83. The molecule has 1 rings (SSSR count). The Morgan fingerprint density at radius 3 is 2.56 bits per heavy atom. The molecule has 0 bridgehead atoms. The average Bonchev–Trinajstić information content (AvgIpc) is 2.37. The van der Waals surface area contributed by atoms with E-state index in [0.29, 0.717) is 11.4 Å². The third-order valence-corrected chi connectivity index (χ3v) is 3.35. The van der Waals surface area contributed by atoms with Gasteiger partial charge in [-0.2, -0.15) is 10.2 Å². The van der Waals surface area contributed by atoms with Crippen LogP contribution in [-0.2, 0) is 0 Å². The van der Waals surface area contributed by atoms with Gasteiger partial charge in [-0.1, -0.05) is 13.8 Å². The summed E-state index contributed by atoms with van der Waals surface area (Å²) >= 11 is 5.91. The van der Waals surface area contributed by atoms with Gasteiger partial charge in [-0.05, 0) is 18.9 Å². The Balaban J connectivity index is 2.77. The van der Waals surface area contributed by atoms with E-state index in [0.717, 1.165) is 12.8 Å². The molecule has 0 saturated carbocycles. The fourth-order valence-corrected chi connectivity index (χ4v) is 1.83. The van der Waals surface area contributed by atoms with Crippen molar-refractivity contribution in [2.24, 2.45) is 0 Å². The van der Waals surface area contributed by atoms with Crippen molar-refractivity contribution in [3.63, 3.8) is 0 Å². The van der Waals surface area contributed by atoms with Crippen molar-refractivity contribution in [2.75, 3.05) is 5.88 Å². The Labute approximate surface area is 100 Å². The van der Waals surface area contributed by atoms with E-state index in [4.69, 9.17) is 11.6 Å². The van der Waals surface area contributed by atoms with Gasteiger partial charge in [-0.25, -0.2) is 0 Å². The Kier molecular flexibility index (Phi) is 4.68. The summed E-state index contributed by atoms with van der Waals surface area (Å²) in [4.78, 5) is 11.9. The lowest BCUT2D eigenvalue weighted by Gasteiger charge is -2.30. The minimum absolute atomic E-state index is 0.153. The summed E-state index contributed by atoms with van der Waals surface area (Å²) in [5, 5.41) is 10.3. The summed E-state index contributed by atoms with van der Waals surface area (Å²) < 4.78 is 0. The molecule has 5 heteroatoms. The smallest absolute Gasteiger partial charge is 0.253 e. The normalized spacial score (nSPS) is 11.2. The van der Waals surface area contributed by atoms with Crippen LogP contribution in [0, 0.1) is 0 Å². The Morgan fingerprint density at radius 1 is 1.44 bits per heavy atom. The van der Waals surface area contributed by atoms with Crippen LogP contribution in [0.2, 0.25) is 0 Å². The molecule has 0 spiro atoms. The number of nitrogens with zero attached hydrogens (tertiary/aromatic N) is 2. The highest BCUT2D eigenvalue weighted by atomic mass is 35.5. The van der Waals surface area contributed by atoms with Gasteiger partial charge in [0.1, 0.15) is 0 Å². The maximum absolute atomic E-state index is 11.9. The zero-order valence-electron chi connectivity index (χ0n) is 9.53. The fraction of sp³-hybridized carbons (Fsp3) is 0.545. The van der Waals surface area contributed by atoms with Crippen LogP contribution in [-0.4, -0.2) is 27.5 Å². The number of halogens is 1. The van der Waals surface area contributed by atoms with Gasteiger partial charge in [-0.3, -0.25) is 4.79 Å². The van der Waals surface area contributed by atoms with Crippen LogP contribution in [0.3, 0.4) is 0 Å². The Bertz CT molecular complexity index is 330. The van der Waals surface area contributed by atoms with E-state index < -0.39 is 0 Å². The number of aromatic nitrogens is 2. The molecule has 0 aromatic carbocycles. The first-order valence-corrected chi connectivity index (χ1v) is 5.86. The van der Waals surface area contributed by atoms with E-state index in [-0.39, 0.29) is 11.4 Å². The second kappa shape index (κ2) is 5.80. The van der Waals surface area contributed by atoms with Crippen molar-refractivity contribution in [3.05, 3.63) is 24.0 Å². The quantitative estimate of drug-likeness (QED) is 0.803. The zero-order chi connectivity index (χ0) is 12.0. The van der Waals surface area contributed by atoms with Crippen molar-refractivity contribution < 1.29 is 4.79 Å². The number of carbonyl (C=O) groups excluding carboxylic acids is 1. The summed E-state index contributed by atoms with van der Waals surface area (Å²) in [7, 11) is 0. The molecule has 0 aliphatic heterocycles. The zero-order valence-corrected chi connectivity index (χ0v) is 10.3. The first-order chi connectivity index (χ1) is 7.67. The lowest BCUT2D eigenvalue weighted by atomic mass is 9.95. The minimum atomic E-state index is -0.331. The highest BCUT2D eigenvalue weighted by molar-refractivity contribution is 6.18. The van der Waals surface area contributed by atoms with E-state index in [2.05, 4.69) is 15.5 Å². The number of nitrogens with one attached hydrogen (secondary N) is 1. The summed E-state index contributed by atoms with van der Waals surface area (Å²) in [5.74, 6) is 0.254. The largest absolute Gasteiger partial charge is 0.345 e. The van der Waals surface area contributed by atoms with E-state index in [9.17, 15) is 4.79 Å². The van der Waals surface area contributed by atoms with Crippen LogP contribution in [0.25, 0.3) is 0 Å². The van der Waals surface area contributed by atoms with Crippen molar-refractivity contribution in [1.82, 2.24) is 15.5 Å². The van der Waals surface area contributed by atoms with Crippen LogP contribution in [0.15, 0.2) is 18.5 Å². The van der Waals surface area contributed by atoms with Crippen LogP contribution >= 0.6 is 11.6 Å². The molecule has 0 radical (unpaired) electrons. The number of hydrogen-bond donors (Lipinski definition) is 1. The molecule has 16 heavy (non-hydrogen) atoms. The molecule has 0 unspecified atom stereocenters. The second-order valence-corrected chi connectivity index (χ2v) is 3.97. The summed E-state index contributed by atoms with van der Waals surface area (Å²) in [5.41, 5.74) is 0.174. The highest BCUT2D eigenvalue weighted by Crippen LogP contribution is 2.17. The number of amides is 1.